The molecular weight excluding hydrogens is 236 g/mol. The Morgan fingerprint density at radius 3 is 1.67 bits per heavy atom. The fourth-order valence-corrected chi connectivity index (χ4v) is 1.42. The average Bonchev–Trinajstić information content (AvgIpc) is 2.26. The standard InChI is InChI=1S/C9H8O4.C4H6O/c1-5-6(8(10)11)3-2-4-7(5)9(12)13;5-4-2-1-3-4/h2-4H,1H3,(H,10,11)(H,12,13);1-3H2. The third-order valence-electron chi connectivity index (χ3n) is 2.71. The molecule has 0 aromatic heterocycles. The van der Waals surface area contributed by atoms with E-state index in [-0.39, 0.29) is 16.7 Å². The summed E-state index contributed by atoms with van der Waals surface area (Å²) in [6, 6.07) is 4.17. The largest absolute Gasteiger partial charge is 0.478 e. The zero-order valence-corrected chi connectivity index (χ0v) is 9.97. The fraction of sp³-hybridized carbons (Fsp3) is 0.308. The molecule has 0 spiro atoms. The number of carbonyl (C=O) groups is 3. The molecule has 5 nitrogen and oxygen atoms in total. The van der Waals surface area contributed by atoms with Crippen molar-refractivity contribution in [3.8, 4) is 0 Å². The number of hydrogen-bond donors (Lipinski definition) is 2. The molecule has 0 atom stereocenters. The Hall–Kier alpha value is -2.17. The van der Waals surface area contributed by atoms with Crippen LogP contribution in [0.5, 0.6) is 0 Å². The van der Waals surface area contributed by atoms with Crippen LogP contribution in [0.1, 0.15) is 45.5 Å². The van der Waals surface area contributed by atoms with Gasteiger partial charge in [-0.3, -0.25) is 4.79 Å². The van der Waals surface area contributed by atoms with Gasteiger partial charge in [0.25, 0.3) is 0 Å². The van der Waals surface area contributed by atoms with Gasteiger partial charge in [-0.25, -0.2) is 9.59 Å². The molecule has 1 aromatic carbocycles. The molecule has 1 saturated carbocycles. The number of carbonyl (C=O) groups excluding carboxylic acids is 1. The number of aromatic carboxylic acids is 2. The molecule has 0 bridgehead atoms. The lowest BCUT2D eigenvalue weighted by atomic mass is 9.99. The summed E-state index contributed by atoms with van der Waals surface area (Å²) in [6.07, 6.45) is 2.83. The van der Waals surface area contributed by atoms with Crippen molar-refractivity contribution in [1.29, 1.82) is 0 Å². The Balaban J connectivity index is 0.000000269. The Labute approximate surface area is 104 Å². The van der Waals surface area contributed by atoms with Gasteiger partial charge in [-0.05, 0) is 31.0 Å². The first-order chi connectivity index (χ1) is 8.43. The van der Waals surface area contributed by atoms with Crippen molar-refractivity contribution < 1.29 is 24.6 Å². The summed E-state index contributed by atoms with van der Waals surface area (Å²) >= 11 is 0. The first kappa shape index (κ1) is 13.9. The molecule has 1 aliphatic rings. The highest BCUT2D eigenvalue weighted by Gasteiger charge is 2.13. The van der Waals surface area contributed by atoms with Crippen molar-refractivity contribution in [3.05, 3.63) is 34.9 Å². The van der Waals surface area contributed by atoms with Gasteiger partial charge in [0.05, 0.1) is 11.1 Å². The molecule has 1 aromatic rings. The first-order valence-corrected chi connectivity index (χ1v) is 5.51. The van der Waals surface area contributed by atoms with Gasteiger partial charge in [-0.2, -0.15) is 0 Å². The van der Waals surface area contributed by atoms with Crippen LogP contribution in [0.15, 0.2) is 18.2 Å². The monoisotopic (exact) mass is 250 g/mol. The van der Waals surface area contributed by atoms with Crippen LogP contribution in [-0.2, 0) is 4.79 Å². The van der Waals surface area contributed by atoms with Gasteiger partial charge in [-0.15, -0.1) is 0 Å². The Bertz CT molecular complexity index is 452. The second-order valence-electron chi connectivity index (χ2n) is 3.98. The van der Waals surface area contributed by atoms with Crippen LogP contribution in [0, 0.1) is 6.92 Å². The number of ketones is 1. The van der Waals surface area contributed by atoms with Crippen molar-refractivity contribution in [2.75, 3.05) is 0 Å². The summed E-state index contributed by atoms with van der Waals surface area (Å²) < 4.78 is 0. The predicted molar refractivity (Wildman–Crippen MR) is 64.0 cm³/mol. The first-order valence-electron chi connectivity index (χ1n) is 5.51. The quantitative estimate of drug-likeness (QED) is 0.838. The Kier molecular flexibility index (Phi) is 4.59. The highest BCUT2D eigenvalue weighted by Crippen LogP contribution is 2.13. The minimum atomic E-state index is -1.11. The molecule has 0 amide bonds. The second-order valence-corrected chi connectivity index (χ2v) is 3.98. The second kappa shape index (κ2) is 5.95. The number of hydrogen-bond acceptors (Lipinski definition) is 3. The molecule has 0 aliphatic heterocycles. The smallest absolute Gasteiger partial charge is 0.335 e. The molecule has 0 saturated heterocycles. The molecule has 96 valence electrons. The molecule has 5 heteroatoms. The van der Waals surface area contributed by atoms with E-state index in [0.29, 0.717) is 5.78 Å². The van der Waals surface area contributed by atoms with Gasteiger partial charge in [-0.1, -0.05) is 6.07 Å². The van der Waals surface area contributed by atoms with Gasteiger partial charge < -0.3 is 10.2 Å². The summed E-state index contributed by atoms with van der Waals surface area (Å²) in [5, 5.41) is 17.4. The van der Waals surface area contributed by atoms with Gasteiger partial charge in [0.2, 0.25) is 0 Å². The van der Waals surface area contributed by atoms with E-state index in [1.165, 1.54) is 25.1 Å². The van der Waals surface area contributed by atoms with Crippen molar-refractivity contribution in [3.63, 3.8) is 0 Å². The summed E-state index contributed by atoms with van der Waals surface area (Å²) in [5.41, 5.74) is 0.335. The van der Waals surface area contributed by atoms with E-state index in [9.17, 15) is 14.4 Å². The van der Waals surface area contributed by atoms with Crippen molar-refractivity contribution >= 4 is 17.7 Å². The minimum Gasteiger partial charge on any atom is -0.478 e. The van der Waals surface area contributed by atoms with E-state index < -0.39 is 11.9 Å². The zero-order valence-electron chi connectivity index (χ0n) is 9.97. The van der Waals surface area contributed by atoms with Crippen LogP contribution in [0.2, 0.25) is 0 Å². The van der Waals surface area contributed by atoms with Crippen LogP contribution in [0.3, 0.4) is 0 Å². The van der Waals surface area contributed by atoms with E-state index in [2.05, 4.69) is 0 Å². The molecule has 2 rings (SSSR count). The molecular formula is C13H14O5. The topological polar surface area (TPSA) is 91.7 Å². The maximum absolute atomic E-state index is 10.6. The van der Waals surface area contributed by atoms with Gasteiger partial charge in [0, 0.05) is 12.8 Å². The van der Waals surface area contributed by atoms with Crippen molar-refractivity contribution in [2.45, 2.75) is 26.2 Å². The van der Waals surface area contributed by atoms with E-state index in [0.717, 1.165) is 19.3 Å². The maximum atomic E-state index is 10.6. The number of carboxylic acid groups (broad SMARTS) is 2. The fourth-order valence-electron chi connectivity index (χ4n) is 1.42. The lowest BCUT2D eigenvalue weighted by molar-refractivity contribution is -0.123. The normalized spacial score (nSPS) is 13.1. The Morgan fingerprint density at radius 1 is 1.06 bits per heavy atom. The zero-order chi connectivity index (χ0) is 13.7. The lowest BCUT2D eigenvalue weighted by Crippen LogP contribution is -2.07. The number of Topliss-reactive ketones (excluding diaryl/α,β-unsaturated/α-hetero) is 1. The molecule has 0 unspecified atom stereocenters. The van der Waals surface area contributed by atoms with E-state index in [4.69, 9.17) is 10.2 Å². The van der Waals surface area contributed by atoms with E-state index in [1.807, 2.05) is 0 Å². The predicted octanol–water partition coefficient (Wildman–Crippen LogP) is 2.13. The van der Waals surface area contributed by atoms with Crippen molar-refractivity contribution in [1.82, 2.24) is 0 Å². The SMILES string of the molecule is Cc1c(C(=O)O)cccc1C(=O)O.O=C1CCC1. The summed E-state index contributed by atoms with van der Waals surface area (Å²) in [7, 11) is 0. The van der Waals surface area contributed by atoms with E-state index in [1.54, 1.807) is 0 Å². The third kappa shape index (κ3) is 3.41. The third-order valence-corrected chi connectivity index (χ3v) is 2.71. The highest BCUT2D eigenvalue weighted by atomic mass is 16.4. The van der Waals surface area contributed by atoms with Crippen LogP contribution in [-0.4, -0.2) is 27.9 Å². The maximum Gasteiger partial charge on any atom is 0.335 e. The summed E-state index contributed by atoms with van der Waals surface area (Å²) in [6.45, 7) is 1.48. The van der Waals surface area contributed by atoms with Crippen LogP contribution in [0.25, 0.3) is 0 Å². The number of rotatable bonds is 2. The molecule has 1 aliphatic carbocycles. The molecule has 2 N–H and O–H groups in total. The van der Waals surface area contributed by atoms with Gasteiger partial charge in [0.1, 0.15) is 5.78 Å². The summed E-state index contributed by atoms with van der Waals surface area (Å²) in [4.78, 5) is 31.1. The van der Waals surface area contributed by atoms with Gasteiger partial charge in [0.15, 0.2) is 0 Å². The average molecular weight is 250 g/mol. The molecule has 18 heavy (non-hydrogen) atoms. The lowest BCUT2D eigenvalue weighted by Gasteiger charge is -2.05. The van der Waals surface area contributed by atoms with Crippen LogP contribution < -0.4 is 0 Å². The van der Waals surface area contributed by atoms with Crippen LogP contribution >= 0.6 is 0 Å². The number of benzene rings is 1. The summed E-state index contributed by atoms with van der Waals surface area (Å²) in [5.74, 6) is -1.79. The number of carboxylic acids is 2. The van der Waals surface area contributed by atoms with E-state index >= 15 is 0 Å². The van der Waals surface area contributed by atoms with Crippen LogP contribution in [0.4, 0.5) is 0 Å². The van der Waals surface area contributed by atoms with Crippen molar-refractivity contribution in [2.24, 2.45) is 0 Å². The molecule has 0 radical (unpaired) electrons. The highest BCUT2D eigenvalue weighted by molar-refractivity contribution is 5.96. The minimum absolute atomic E-state index is 0.0277. The van der Waals surface area contributed by atoms with Gasteiger partial charge >= 0.3 is 11.9 Å². The molecule has 1 fully saturated rings. The molecule has 0 heterocycles. The Morgan fingerprint density at radius 2 is 1.44 bits per heavy atom.